The van der Waals surface area contributed by atoms with Gasteiger partial charge in [0.15, 0.2) is 17.5 Å². The van der Waals surface area contributed by atoms with Crippen LogP contribution in [0.4, 0.5) is 0 Å². The van der Waals surface area contributed by atoms with Crippen LogP contribution >= 0.6 is 0 Å². The molecular weight excluding hydrogens is 632 g/mol. The highest BCUT2D eigenvalue weighted by molar-refractivity contribution is 5.93. The van der Waals surface area contributed by atoms with Crippen molar-refractivity contribution in [3.05, 3.63) is 23.8 Å². The lowest BCUT2D eigenvalue weighted by Crippen LogP contribution is -2.59. The Labute approximate surface area is 281 Å². The molecule has 1 fully saturated rings. The normalized spacial score (nSPS) is 39.2. The zero-order valence-corrected chi connectivity index (χ0v) is 29.1. The minimum atomic E-state index is -3.00. The fraction of sp³-hybridized carbons (Fsp3) is 0.735. The molecule has 2 heterocycles. The van der Waals surface area contributed by atoms with E-state index in [0.29, 0.717) is 5.57 Å². The number of rotatable bonds is 7. The fourth-order valence-corrected chi connectivity index (χ4v) is 6.51. The van der Waals surface area contributed by atoms with Crippen LogP contribution in [0.1, 0.15) is 61.8 Å². The largest absolute Gasteiger partial charge is 0.463 e. The third kappa shape index (κ3) is 8.84. The molecule has 272 valence electrons. The van der Waals surface area contributed by atoms with Gasteiger partial charge in [-0.05, 0) is 26.3 Å². The molecule has 13 unspecified atom stereocenters. The Balaban J connectivity index is 2.67. The molecule has 13 atom stereocenters. The lowest BCUT2D eigenvalue weighted by molar-refractivity contribution is -0.177. The maximum absolute atomic E-state index is 14.0. The summed E-state index contributed by atoms with van der Waals surface area (Å²) in [7, 11) is 1.15. The Bertz CT molecular complexity index is 1260. The van der Waals surface area contributed by atoms with E-state index in [9.17, 15) is 49.5 Å². The Morgan fingerprint density at radius 1 is 1.15 bits per heavy atom. The van der Waals surface area contributed by atoms with Gasteiger partial charge in [-0.3, -0.25) is 19.2 Å². The Kier molecular flexibility index (Phi) is 14.4. The van der Waals surface area contributed by atoms with E-state index in [1.165, 1.54) is 40.7 Å². The van der Waals surface area contributed by atoms with E-state index in [0.717, 1.165) is 14.0 Å². The number of ketones is 3. The summed E-state index contributed by atoms with van der Waals surface area (Å²) < 4.78 is 21.8. The number of ether oxygens (including phenoxy) is 4. The molecule has 2 rings (SSSR count). The van der Waals surface area contributed by atoms with Crippen molar-refractivity contribution in [2.45, 2.75) is 110 Å². The van der Waals surface area contributed by atoms with Crippen molar-refractivity contribution in [1.29, 1.82) is 0 Å². The van der Waals surface area contributed by atoms with E-state index in [4.69, 9.17) is 18.9 Å². The molecule has 0 radical (unpaired) electrons. The molecule has 5 N–H and O–H groups in total. The van der Waals surface area contributed by atoms with Gasteiger partial charge in [-0.2, -0.15) is 0 Å². The van der Waals surface area contributed by atoms with Gasteiger partial charge in [-0.25, -0.2) is 4.79 Å². The van der Waals surface area contributed by atoms with E-state index >= 15 is 0 Å². The van der Waals surface area contributed by atoms with E-state index in [2.05, 4.69) is 0 Å². The smallest absolute Gasteiger partial charge is 0.337 e. The SMILES string of the molecule is CC=CC(C)C1OC1(C)C(O)C1COC(=O)C(O)C(OC)C(C)C(=O)C(C)C(OC(C)=O)C(C)=CC(C)C(=O)CC(O)C(O)(CO)C1=O. The molecule has 0 bridgehead atoms. The zero-order valence-electron chi connectivity index (χ0n) is 29.1. The first-order valence-electron chi connectivity index (χ1n) is 16.1. The predicted octanol–water partition coefficient (Wildman–Crippen LogP) is 0.234. The number of aliphatic hydroxyl groups excluding tert-OH is 4. The van der Waals surface area contributed by atoms with Crippen molar-refractivity contribution in [3.63, 3.8) is 0 Å². The monoisotopic (exact) mass is 684 g/mol. The molecule has 14 heteroatoms. The van der Waals surface area contributed by atoms with Gasteiger partial charge < -0.3 is 44.5 Å². The van der Waals surface area contributed by atoms with Crippen LogP contribution in [0, 0.1) is 29.6 Å². The summed E-state index contributed by atoms with van der Waals surface area (Å²) in [6.45, 7) is 9.76. The standard InChI is InChI=1S/C34H52O14/c1-10-11-16(2)31-33(8,48-31)29(41)22-14-46-32(43)26(40)28(45-9)20(6)25(39)19(5)27(47-21(7)36)18(4)12-17(3)23(37)13-24(38)34(44,15-35)30(22)42/h10-12,16-17,19-20,22,24,26-29,31,35,38,40-41,44H,13-15H2,1-9H3. The minimum absolute atomic E-state index is 0.226. The van der Waals surface area contributed by atoms with Crippen molar-refractivity contribution >= 4 is 29.3 Å². The Hall–Kier alpha value is -2.85. The summed E-state index contributed by atoms with van der Waals surface area (Å²) in [6.07, 6.45) is -5.10. The van der Waals surface area contributed by atoms with E-state index in [1.54, 1.807) is 13.0 Å². The van der Waals surface area contributed by atoms with Crippen molar-refractivity contribution < 1.29 is 68.5 Å². The van der Waals surface area contributed by atoms with Gasteiger partial charge in [0.25, 0.3) is 0 Å². The lowest BCUT2D eigenvalue weighted by atomic mass is 9.76. The van der Waals surface area contributed by atoms with Crippen molar-refractivity contribution in [2.75, 3.05) is 20.3 Å². The first-order chi connectivity index (χ1) is 22.2. The molecule has 48 heavy (non-hydrogen) atoms. The highest BCUT2D eigenvalue weighted by Gasteiger charge is 2.63. The first kappa shape index (κ1) is 41.3. The van der Waals surface area contributed by atoms with E-state index in [-0.39, 0.29) is 5.92 Å². The van der Waals surface area contributed by atoms with Crippen molar-refractivity contribution in [3.8, 4) is 0 Å². The zero-order chi connectivity index (χ0) is 36.9. The van der Waals surface area contributed by atoms with Crippen LogP contribution in [0.25, 0.3) is 0 Å². The Morgan fingerprint density at radius 2 is 1.75 bits per heavy atom. The van der Waals surface area contributed by atoms with Crippen LogP contribution in [0.15, 0.2) is 23.8 Å². The molecule has 2 aliphatic rings. The third-order valence-electron chi connectivity index (χ3n) is 9.62. The number of epoxide rings is 1. The third-order valence-corrected chi connectivity index (χ3v) is 9.62. The number of hydrogen-bond donors (Lipinski definition) is 5. The van der Waals surface area contributed by atoms with Gasteiger partial charge in [0.05, 0.1) is 36.8 Å². The number of carbonyl (C=O) groups excluding carboxylic acids is 5. The van der Waals surface area contributed by atoms with Gasteiger partial charge in [-0.1, -0.05) is 45.9 Å². The molecule has 0 aromatic rings. The molecule has 0 aromatic heterocycles. The second kappa shape index (κ2) is 16.7. The number of carbonyl (C=O) groups is 5. The number of methoxy groups -OCH3 is 1. The van der Waals surface area contributed by atoms with Crippen LogP contribution in [0.2, 0.25) is 0 Å². The van der Waals surface area contributed by atoms with E-state index < -0.39 is 120 Å². The molecule has 1 saturated heterocycles. The van der Waals surface area contributed by atoms with Crippen molar-refractivity contribution in [1.82, 2.24) is 0 Å². The first-order valence-corrected chi connectivity index (χ1v) is 16.1. The lowest BCUT2D eigenvalue weighted by Gasteiger charge is -2.36. The molecule has 2 aliphatic heterocycles. The van der Waals surface area contributed by atoms with Crippen molar-refractivity contribution in [2.24, 2.45) is 29.6 Å². The Morgan fingerprint density at radius 3 is 2.27 bits per heavy atom. The highest BCUT2D eigenvalue weighted by Crippen LogP contribution is 2.47. The molecule has 0 aliphatic carbocycles. The molecule has 0 amide bonds. The second-order valence-electron chi connectivity index (χ2n) is 13.3. The van der Waals surface area contributed by atoms with Gasteiger partial charge in [0.2, 0.25) is 0 Å². The molecule has 0 saturated carbocycles. The van der Waals surface area contributed by atoms with Crippen LogP contribution in [0.5, 0.6) is 0 Å². The average molecular weight is 685 g/mol. The number of allylic oxidation sites excluding steroid dienone is 2. The number of hydrogen-bond acceptors (Lipinski definition) is 14. The number of cyclic esters (lactones) is 1. The predicted molar refractivity (Wildman–Crippen MR) is 169 cm³/mol. The van der Waals surface area contributed by atoms with Gasteiger partial charge >= 0.3 is 11.9 Å². The van der Waals surface area contributed by atoms with Gasteiger partial charge in [0, 0.05) is 38.2 Å². The van der Waals surface area contributed by atoms with Crippen LogP contribution in [-0.2, 0) is 42.9 Å². The number of esters is 2. The van der Waals surface area contributed by atoms with Gasteiger partial charge in [0.1, 0.15) is 36.0 Å². The average Bonchev–Trinajstić information content (AvgIpc) is 3.74. The quantitative estimate of drug-likeness (QED) is 0.138. The highest BCUT2D eigenvalue weighted by atomic mass is 16.6. The summed E-state index contributed by atoms with van der Waals surface area (Å²) in [5.74, 6) is -9.88. The number of aliphatic hydroxyl groups is 5. The van der Waals surface area contributed by atoms with E-state index in [1.807, 2.05) is 13.0 Å². The molecule has 14 nitrogen and oxygen atoms in total. The van der Waals surface area contributed by atoms with Crippen LogP contribution < -0.4 is 0 Å². The summed E-state index contributed by atoms with van der Waals surface area (Å²) >= 11 is 0. The summed E-state index contributed by atoms with van der Waals surface area (Å²) in [5.41, 5.74) is -4.10. The minimum Gasteiger partial charge on any atom is -0.463 e. The fourth-order valence-electron chi connectivity index (χ4n) is 6.51. The number of Topliss-reactive ketones (excluding diaryl/α,β-unsaturated/α-hetero) is 3. The summed E-state index contributed by atoms with van der Waals surface area (Å²) in [6, 6.07) is 0. The summed E-state index contributed by atoms with van der Waals surface area (Å²) in [5, 5.41) is 55.1. The van der Waals surface area contributed by atoms with Gasteiger partial charge in [-0.15, -0.1) is 0 Å². The second-order valence-corrected chi connectivity index (χ2v) is 13.3. The van der Waals surface area contributed by atoms with Crippen LogP contribution in [-0.4, -0.2) is 123 Å². The topological polar surface area (TPSA) is 227 Å². The molecular formula is C34H52O14. The maximum atomic E-state index is 14.0. The molecule has 0 aromatic carbocycles. The summed E-state index contributed by atoms with van der Waals surface area (Å²) in [4.78, 5) is 66.0. The maximum Gasteiger partial charge on any atom is 0.337 e. The molecule has 0 spiro atoms. The van der Waals surface area contributed by atoms with Crippen LogP contribution in [0.3, 0.4) is 0 Å².